The molecule has 2 aromatic heterocycles. The molecule has 9 heteroatoms. The number of carbonyl (C=O) groups excluding carboxylic acids is 1. The van der Waals surface area contributed by atoms with Crippen LogP contribution in [0, 0.1) is 5.92 Å². The number of hydrogen-bond donors (Lipinski definition) is 1. The van der Waals surface area contributed by atoms with Gasteiger partial charge in [-0.3, -0.25) is 4.79 Å². The molecule has 1 aliphatic rings. The normalized spacial score (nSPS) is 15.1. The molecule has 0 saturated carbocycles. The lowest BCUT2D eigenvalue weighted by Crippen LogP contribution is -2.30. The van der Waals surface area contributed by atoms with E-state index in [1.54, 1.807) is 35.2 Å². The first kappa shape index (κ1) is 26.6. The van der Waals surface area contributed by atoms with E-state index < -0.39 is 11.7 Å². The highest BCUT2D eigenvalue weighted by atomic mass is 19.4. The summed E-state index contributed by atoms with van der Waals surface area (Å²) in [6, 6.07) is 18.0. The fourth-order valence-corrected chi connectivity index (χ4v) is 5.71. The van der Waals surface area contributed by atoms with Gasteiger partial charge in [-0.25, -0.2) is 9.97 Å². The summed E-state index contributed by atoms with van der Waals surface area (Å²) in [7, 11) is 1.92. The zero-order valence-corrected chi connectivity index (χ0v) is 22.8. The number of benzene rings is 3. The Balaban J connectivity index is 1.33. The smallest absolute Gasteiger partial charge is 0.383 e. The van der Waals surface area contributed by atoms with Gasteiger partial charge in [0.05, 0.1) is 10.9 Å². The summed E-state index contributed by atoms with van der Waals surface area (Å²) >= 11 is 0. The lowest BCUT2D eigenvalue weighted by molar-refractivity contribution is -0.137. The highest BCUT2D eigenvalue weighted by Gasteiger charge is 2.35. The van der Waals surface area contributed by atoms with E-state index >= 15 is 0 Å². The van der Waals surface area contributed by atoms with Crippen molar-refractivity contribution in [2.75, 3.05) is 17.2 Å². The number of nitrogens with zero attached hydrogens (tertiary/aromatic N) is 4. The van der Waals surface area contributed by atoms with Crippen molar-refractivity contribution in [2.45, 2.75) is 25.9 Å². The number of hydrogen-bond acceptors (Lipinski definition) is 4. The molecule has 0 spiro atoms. The van der Waals surface area contributed by atoms with Crippen molar-refractivity contribution in [2.24, 2.45) is 13.0 Å². The van der Waals surface area contributed by atoms with Crippen LogP contribution < -0.4 is 10.6 Å². The van der Waals surface area contributed by atoms with E-state index in [9.17, 15) is 18.0 Å². The Morgan fingerprint density at radius 3 is 2.41 bits per heavy atom. The van der Waals surface area contributed by atoms with E-state index in [1.807, 2.05) is 29.9 Å². The van der Waals surface area contributed by atoms with Gasteiger partial charge in [0.15, 0.2) is 0 Å². The number of anilines is 2. The molecule has 41 heavy (non-hydrogen) atoms. The zero-order valence-electron chi connectivity index (χ0n) is 22.8. The third-order valence-electron chi connectivity index (χ3n) is 7.90. The average molecular weight is 556 g/mol. The first-order valence-electron chi connectivity index (χ1n) is 13.3. The molecule has 1 aliphatic heterocycles. The van der Waals surface area contributed by atoms with Gasteiger partial charge in [0.25, 0.3) is 5.91 Å². The highest BCUT2D eigenvalue weighted by Crippen LogP contribution is 2.44. The minimum atomic E-state index is -4.42. The molecule has 2 N–H and O–H groups in total. The van der Waals surface area contributed by atoms with Crippen LogP contribution in [0.4, 0.5) is 24.7 Å². The lowest BCUT2D eigenvalue weighted by Gasteiger charge is -2.19. The average Bonchev–Trinajstić information content (AvgIpc) is 3.51. The van der Waals surface area contributed by atoms with Gasteiger partial charge in [-0.2, -0.15) is 13.2 Å². The number of aromatic nitrogens is 3. The summed E-state index contributed by atoms with van der Waals surface area (Å²) in [5.41, 5.74) is 11.6. The molecule has 208 valence electrons. The van der Waals surface area contributed by atoms with Crippen LogP contribution in [0.15, 0.2) is 79.3 Å². The van der Waals surface area contributed by atoms with Crippen molar-refractivity contribution < 1.29 is 18.0 Å². The molecule has 3 heterocycles. The molecule has 0 bridgehead atoms. The van der Waals surface area contributed by atoms with Crippen molar-refractivity contribution >= 4 is 28.4 Å². The fourth-order valence-electron chi connectivity index (χ4n) is 5.71. The Kier molecular flexibility index (Phi) is 6.32. The van der Waals surface area contributed by atoms with Crippen LogP contribution >= 0.6 is 0 Å². The summed E-state index contributed by atoms with van der Waals surface area (Å²) in [6.45, 7) is 4.82. The molecule has 0 saturated heterocycles. The Labute approximate surface area is 235 Å². The molecule has 6 rings (SSSR count). The molecule has 5 aromatic rings. The minimum Gasteiger partial charge on any atom is -0.383 e. The minimum absolute atomic E-state index is 0.127. The monoisotopic (exact) mass is 555 g/mol. The molecule has 0 fully saturated rings. The molecule has 0 radical (unpaired) electrons. The second kappa shape index (κ2) is 9.76. The van der Waals surface area contributed by atoms with Crippen LogP contribution in [0.2, 0.25) is 0 Å². The van der Waals surface area contributed by atoms with Gasteiger partial charge in [0.2, 0.25) is 0 Å². The summed E-state index contributed by atoms with van der Waals surface area (Å²) in [6.07, 6.45) is -0.976. The van der Waals surface area contributed by atoms with Gasteiger partial charge in [0, 0.05) is 42.5 Å². The maximum atomic E-state index is 13.7. The molecule has 0 aliphatic carbocycles. The second-order valence-electron chi connectivity index (χ2n) is 10.8. The van der Waals surface area contributed by atoms with Gasteiger partial charge in [0.1, 0.15) is 17.8 Å². The van der Waals surface area contributed by atoms with Gasteiger partial charge in [-0.1, -0.05) is 44.2 Å². The number of rotatable bonds is 4. The summed E-state index contributed by atoms with van der Waals surface area (Å²) in [4.78, 5) is 24.1. The van der Waals surface area contributed by atoms with E-state index in [2.05, 4.69) is 29.9 Å². The SMILES string of the molecule is CC(C)C1CN(C(=O)c2ccc(-c3cccc(C(F)(F)F)c3)cc2)c2ccc(-c3cn(C)c4ncnc(N)c34)cc21. The van der Waals surface area contributed by atoms with Crippen molar-refractivity contribution in [1.82, 2.24) is 14.5 Å². The van der Waals surface area contributed by atoms with Crippen molar-refractivity contribution in [3.63, 3.8) is 0 Å². The number of alkyl halides is 3. The third kappa shape index (κ3) is 4.61. The van der Waals surface area contributed by atoms with E-state index in [1.165, 1.54) is 12.4 Å². The highest BCUT2D eigenvalue weighted by molar-refractivity contribution is 6.08. The number of halogens is 3. The number of amides is 1. The van der Waals surface area contributed by atoms with Crippen LogP contribution in [0.25, 0.3) is 33.3 Å². The van der Waals surface area contributed by atoms with Crippen LogP contribution in [0.5, 0.6) is 0 Å². The quantitative estimate of drug-likeness (QED) is 0.252. The molecule has 3 aromatic carbocycles. The van der Waals surface area contributed by atoms with Crippen molar-refractivity contribution in [3.8, 4) is 22.3 Å². The maximum absolute atomic E-state index is 13.7. The van der Waals surface area contributed by atoms with Gasteiger partial charge < -0.3 is 15.2 Å². The van der Waals surface area contributed by atoms with E-state index in [4.69, 9.17) is 5.73 Å². The Morgan fingerprint density at radius 2 is 1.71 bits per heavy atom. The van der Waals surface area contributed by atoms with Crippen molar-refractivity contribution in [3.05, 3.63) is 95.9 Å². The third-order valence-corrected chi connectivity index (χ3v) is 7.90. The zero-order chi connectivity index (χ0) is 29.1. The number of fused-ring (bicyclic) bond motifs is 2. The van der Waals surface area contributed by atoms with E-state index in [-0.39, 0.29) is 17.7 Å². The summed E-state index contributed by atoms with van der Waals surface area (Å²) in [5, 5.41) is 0.794. The predicted octanol–water partition coefficient (Wildman–Crippen LogP) is 7.30. The van der Waals surface area contributed by atoms with Crippen LogP contribution in [-0.4, -0.2) is 27.0 Å². The number of nitrogen functional groups attached to an aromatic ring is 1. The first-order valence-corrected chi connectivity index (χ1v) is 13.3. The standard InChI is InChI=1S/C32H28F3N5O/c1-18(2)25-16-40(31(41)20-9-7-19(8-10-20)21-5-4-6-23(13-21)32(33,34)35)27-12-11-22(14-24(25)27)26-15-39(3)30-28(26)29(36)37-17-38-30/h4-15,17-18,25H,16H2,1-3H3,(H2,36,37,38). The Hall–Kier alpha value is -4.66. The molecular formula is C32H28F3N5O. The van der Waals surface area contributed by atoms with Crippen LogP contribution in [0.1, 0.15) is 41.3 Å². The van der Waals surface area contributed by atoms with Gasteiger partial charge >= 0.3 is 6.18 Å². The van der Waals surface area contributed by atoms with Crippen LogP contribution in [0.3, 0.4) is 0 Å². The van der Waals surface area contributed by atoms with Gasteiger partial charge in [-0.15, -0.1) is 0 Å². The molecule has 6 nitrogen and oxygen atoms in total. The summed E-state index contributed by atoms with van der Waals surface area (Å²) < 4.78 is 41.5. The maximum Gasteiger partial charge on any atom is 0.416 e. The molecule has 1 amide bonds. The number of carbonyl (C=O) groups is 1. The predicted molar refractivity (Wildman–Crippen MR) is 154 cm³/mol. The van der Waals surface area contributed by atoms with Gasteiger partial charge in [-0.05, 0) is 64.6 Å². The summed E-state index contributed by atoms with van der Waals surface area (Å²) in [5.74, 6) is 0.672. The topological polar surface area (TPSA) is 77.0 Å². The fraction of sp³-hybridized carbons (Fsp3) is 0.219. The van der Waals surface area contributed by atoms with Crippen molar-refractivity contribution in [1.29, 1.82) is 0 Å². The Morgan fingerprint density at radius 1 is 0.976 bits per heavy atom. The Bertz CT molecular complexity index is 1790. The largest absolute Gasteiger partial charge is 0.416 e. The molecule has 1 atom stereocenters. The lowest BCUT2D eigenvalue weighted by atomic mass is 9.88. The molecule has 1 unspecified atom stereocenters. The van der Waals surface area contributed by atoms with E-state index in [0.717, 1.165) is 45.5 Å². The number of nitrogens with two attached hydrogens (primary N) is 1. The number of aryl methyl sites for hydroxylation is 1. The second-order valence-corrected chi connectivity index (χ2v) is 10.8. The first-order chi connectivity index (χ1) is 19.5. The van der Waals surface area contributed by atoms with E-state index in [0.29, 0.717) is 29.1 Å². The molecular weight excluding hydrogens is 527 g/mol. The van der Waals surface area contributed by atoms with Crippen LogP contribution in [-0.2, 0) is 13.2 Å².